The Kier molecular flexibility index (Phi) is 4.54. The van der Waals surface area contributed by atoms with E-state index in [9.17, 15) is 37.7 Å². The number of hydrogen-bond acceptors (Lipinski definition) is 5. The molecule has 1 aliphatic carbocycles. The molecule has 1 aliphatic rings. The summed E-state index contributed by atoms with van der Waals surface area (Å²) < 4.78 is 38.0. The quantitative estimate of drug-likeness (QED) is 0.364. The molecule has 0 amide bonds. The molecule has 0 spiro atoms. The predicted octanol–water partition coefficient (Wildman–Crippen LogP) is 2.98. The Balaban J connectivity index is 2.48. The van der Waals surface area contributed by atoms with Gasteiger partial charge < -0.3 is 0 Å². The lowest BCUT2D eigenvalue weighted by Crippen LogP contribution is -2.38. The molecular formula is C15H12F3NO5. The van der Waals surface area contributed by atoms with Gasteiger partial charge in [0.1, 0.15) is 5.92 Å². The van der Waals surface area contributed by atoms with E-state index in [-0.39, 0.29) is 24.8 Å². The minimum Gasteiger partial charge on any atom is -0.298 e. The van der Waals surface area contributed by atoms with Gasteiger partial charge in [-0.1, -0.05) is 6.92 Å². The number of Topliss-reactive ketones (excluding diaryl/α,β-unsaturated/α-hetero) is 3. The molecule has 1 aromatic carbocycles. The average molecular weight is 343 g/mol. The molecule has 0 N–H and O–H groups in total. The maximum absolute atomic E-state index is 12.7. The lowest BCUT2D eigenvalue weighted by Gasteiger charge is -2.22. The number of rotatable bonds is 3. The molecule has 0 atom stereocenters. The summed E-state index contributed by atoms with van der Waals surface area (Å²) in [5, 5.41) is 11.0. The van der Waals surface area contributed by atoms with Crippen LogP contribution in [0.3, 0.4) is 0 Å². The van der Waals surface area contributed by atoms with E-state index in [1.165, 1.54) is 0 Å². The van der Waals surface area contributed by atoms with Crippen LogP contribution in [0.25, 0.3) is 0 Å². The number of halogens is 3. The molecule has 1 fully saturated rings. The normalized spacial score (nSPS) is 21.7. The Morgan fingerprint density at radius 1 is 1.21 bits per heavy atom. The summed E-state index contributed by atoms with van der Waals surface area (Å²) in [5.41, 5.74) is -3.04. The zero-order valence-corrected chi connectivity index (χ0v) is 12.4. The van der Waals surface area contributed by atoms with Gasteiger partial charge in [-0.2, -0.15) is 13.2 Å². The van der Waals surface area contributed by atoms with Crippen LogP contribution in [0.4, 0.5) is 18.9 Å². The van der Waals surface area contributed by atoms with Crippen molar-refractivity contribution in [1.29, 1.82) is 0 Å². The van der Waals surface area contributed by atoms with Gasteiger partial charge in [-0.05, 0) is 18.1 Å². The van der Waals surface area contributed by atoms with Gasteiger partial charge in [0.25, 0.3) is 5.69 Å². The van der Waals surface area contributed by atoms with E-state index >= 15 is 0 Å². The zero-order valence-electron chi connectivity index (χ0n) is 12.4. The predicted molar refractivity (Wildman–Crippen MR) is 74.3 cm³/mol. The molecule has 0 bridgehead atoms. The molecule has 128 valence electrons. The van der Waals surface area contributed by atoms with Crippen LogP contribution in [0, 0.1) is 22.0 Å². The van der Waals surface area contributed by atoms with Crippen LogP contribution >= 0.6 is 0 Å². The number of nitro groups is 1. The Hall–Kier alpha value is -2.58. The van der Waals surface area contributed by atoms with Crippen molar-refractivity contribution in [2.45, 2.75) is 25.9 Å². The van der Waals surface area contributed by atoms with Crippen LogP contribution in [0.2, 0.25) is 0 Å². The second kappa shape index (κ2) is 6.14. The standard InChI is InChI=1S/C15H12F3NO5/c1-7-4-11(20)13(12(21)5-7)14(22)9-3-2-8(15(16,17)18)6-10(9)19(23)24/h2-3,6-7,13H,4-5H2,1H3. The van der Waals surface area contributed by atoms with Crippen LogP contribution in [0.15, 0.2) is 18.2 Å². The second-order valence-corrected chi connectivity index (χ2v) is 5.73. The average Bonchev–Trinajstić information content (AvgIpc) is 2.44. The van der Waals surface area contributed by atoms with Crippen LogP contribution in [0.5, 0.6) is 0 Å². The van der Waals surface area contributed by atoms with Gasteiger partial charge in [0.2, 0.25) is 0 Å². The third-order valence-electron chi connectivity index (χ3n) is 3.79. The van der Waals surface area contributed by atoms with Gasteiger partial charge in [0, 0.05) is 18.9 Å². The highest BCUT2D eigenvalue weighted by molar-refractivity contribution is 6.26. The van der Waals surface area contributed by atoms with Gasteiger partial charge in [0.05, 0.1) is 16.1 Å². The van der Waals surface area contributed by atoms with Crippen molar-refractivity contribution in [3.63, 3.8) is 0 Å². The first-order valence-electron chi connectivity index (χ1n) is 6.97. The fraction of sp³-hybridized carbons (Fsp3) is 0.400. The molecule has 0 radical (unpaired) electrons. The van der Waals surface area contributed by atoms with Crippen molar-refractivity contribution in [2.75, 3.05) is 0 Å². The van der Waals surface area contributed by atoms with E-state index in [1.54, 1.807) is 6.92 Å². The molecule has 9 heteroatoms. The monoisotopic (exact) mass is 343 g/mol. The number of hydrogen-bond donors (Lipinski definition) is 0. The third-order valence-corrected chi connectivity index (χ3v) is 3.79. The number of alkyl halides is 3. The van der Waals surface area contributed by atoms with E-state index in [4.69, 9.17) is 0 Å². The zero-order chi connectivity index (χ0) is 18.2. The minimum atomic E-state index is -4.82. The van der Waals surface area contributed by atoms with Crippen molar-refractivity contribution < 1.29 is 32.5 Å². The van der Waals surface area contributed by atoms with Crippen molar-refractivity contribution >= 4 is 23.0 Å². The number of carbonyl (C=O) groups excluding carboxylic acids is 3. The van der Waals surface area contributed by atoms with E-state index in [0.29, 0.717) is 12.1 Å². The molecular weight excluding hydrogens is 331 g/mol. The van der Waals surface area contributed by atoms with Crippen molar-refractivity contribution in [2.24, 2.45) is 11.8 Å². The van der Waals surface area contributed by atoms with Gasteiger partial charge >= 0.3 is 6.18 Å². The fourth-order valence-electron chi connectivity index (χ4n) is 2.69. The summed E-state index contributed by atoms with van der Waals surface area (Å²) in [4.78, 5) is 46.2. The Morgan fingerprint density at radius 2 is 1.75 bits per heavy atom. The lowest BCUT2D eigenvalue weighted by molar-refractivity contribution is -0.385. The molecule has 6 nitrogen and oxygen atoms in total. The van der Waals surface area contributed by atoms with Crippen LogP contribution in [0.1, 0.15) is 35.7 Å². The number of benzene rings is 1. The van der Waals surface area contributed by atoms with Gasteiger partial charge in [0.15, 0.2) is 17.3 Å². The van der Waals surface area contributed by atoms with Crippen LogP contribution < -0.4 is 0 Å². The Bertz CT molecular complexity index is 723. The summed E-state index contributed by atoms with van der Waals surface area (Å²) in [6.07, 6.45) is -4.88. The van der Waals surface area contributed by atoms with Crippen molar-refractivity contribution in [3.05, 3.63) is 39.4 Å². The number of carbonyl (C=O) groups is 3. The lowest BCUT2D eigenvalue weighted by atomic mass is 9.77. The molecule has 0 heterocycles. The van der Waals surface area contributed by atoms with Crippen LogP contribution in [-0.2, 0) is 15.8 Å². The highest BCUT2D eigenvalue weighted by Crippen LogP contribution is 2.35. The summed E-state index contributed by atoms with van der Waals surface area (Å²) in [6.45, 7) is 1.65. The minimum absolute atomic E-state index is 0.0312. The van der Waals surface area contributed by atoms with E-state index in [2.05, 4.69) is 0 Å². The van der Waals surface area contributed by atoms with E-state index < -0.39 is 51.2 Å². The molecule has 24 heavy (non-hydrogen) atoms. The van der Waals surface area contributed by atoms with Gasteiger partial charge in [-0.25, -0.2) is 0 Å². The van der Waals surface area contributed by atoms with Crippen molar-refractivity contribution in [1.82, 2.24) is 0 Å². The summed E-state index contributed by atoms with van der Waals surface area (Å²) in [7, 11) is 0. The molecule has 1 aromatic rings. The maximum atomic E-state index is 12.7. The van der Waals surface area contributed by atoms with E-state index in [0.717, 1.165) is 0 Å². The molecule has 1 saturated carbocycles. The maximum Gasteiger partial charge on any atom is 0.416 e. The number of nitro benzene ring substituents is 1. The summed E-state index contributed by atoms with van der Waals surface area (Å²) in [5.74, 6) is -4.39. The van der Waals surface area contributed by atoms with Crippen molar-refractivity contribution in [3.8, 4) is 0 Å². The molecule has 0 unspecified atom stereocenters. The first kappa shape index (κ1) is 17.8. The SMILES string of the molecule is CC1CC(=O)C(C(=O)c2ccc(C(F)(F)F)cc2[N+](=O)[O-])C(=O)C1. The smallest absolute Gasteiger partial charge is 0.298 e. The van der Waals surface area contributed by atoms with Gasteiger partial charge in [-0.15, -0.1) is 0 Å². The highest BCUT2D eigenvalue weighted by atomic mass is 19.4. The molecule has 0 aromatic heterocycles. The molecule has 2 rings (SSSR count). The number of ketones is 3. The summed E-state index contributed by atoms with van der Waals surface area (Å²) >= 11 is 0. The Labute approximate surface area is 133 Å². The fourth-order valence-corrected chi connectivity index (χ4v) is 2.69. The third kappa shape index (κ3) is 3.34. The van der Waals surface area contributed by atoms with Gasteiger partial charge in [-0.3, -0.25) is 24.5 Å². The molecule has 0 aliphatic heterocycles. The first-order chi connectivity index (χ1) is 11.0. The van der Waals surface area contributed by atoms with E-state index in [1.807, 2.05) is 0 Å². The first-order valence-corrected chi connectivity index (χ1v) is 6.97. The second-order valence-electron chi connectivity index (χ2n) is 5.73. The topological polar surface area (TPSA) is 94.3 Å². The molecule has 0 saturated heterocycles. The largest absolute Gasteiger partial charge is 0.416 e. The summed E-state index contributed by atoms with van der Waals surface area (Å²) in [6, 6.07) is 1.39. The number of nitrogens with zero attached hydrogens (tertiary/aromatic N) is 1. The Morgan fingerprint density at radius 3 is 2.21 bits per heavy atom. The highest BCUT2D eigenvalue weighted by Gasteiger charge is 2.42. The van der Waals surface area contributed by atoms with Crippen LogP contribution in [-0.4, -0.2) is 22.3 Å².